The molecule has 0 saturated carbocycles. The van der Waals surface area contributed by atoms with Gasteiger partial charge in [-0.2, -0.15) is 5.26 Å². The van der Waals surface area contributed by atoms with Gasteiger partial charge in [-0.25, -0.2) is 4.79 Å². The van der Waals surface area contributed by atoms with Crippen molar-refractivity contribution in [2.45, 2.75) is 19.4 Å². The van der Waals surface area contributed by atoms with E-state index >= 15 is 0 Å². The smallest absolute Gasteiger partial charge is 0.321 e. The van der Waals surface area contributed by atoms with E-state index in [1.165, 1.54) is 0 Å². The van der Waals surface area contributed by atoms with Gasteiger partial charge in [-0.05, 0) is 30.5 Å². The Hall–Kier alpha value is -2.06. The van der Waals surface area contributed by atoms with Crippen LogP contribution < -0.4 is 5.32 Å². The molecule has 1 aromatic carbocycles. The number of aliphatic hydroxyl groups excluding tert-OH is 1. The van der Waals surface area contributed by atoms with Gasteiger partial charge in [-0.3, -0.25) is 0 Å². The van der Waals surface area contributed by atoms with Crippen molar-refractivity contribution in [2.24, 2.45) is 5.92 Å². The molecule has 1 aliphatic rings. The quantitative estimate of drug-likeness (QED) is 0.807. The first-order valence-electron chi connectivity index (χ1n) is 6.34. The van der Waals surface area contributed by atoms with Gasteiger partial charge in [-0.15, -0.1) is 0 Å². The van der Waals surface area contributed by atoms with E-state index in [-0.39, 0.29) is 11.9 Å². The van der Waals surface area contributed by atoms with Crippen molar-refractivity contribution in [3.05, 3.63) is 29.8 Å². The second-order valence-corrected chi connectivity index (χ2v) is 4.90. The molecule has 5 heteroatoms. The highest BCUT2D eigenvalue weighted by Crippen LogP contribution is 2.18. The summed E-state index contributed by atoms with van der Waals surface area (Å²) in [7, 11) is 0. The Morgan fingerprint density at radius 1 is 1.58 bits per heavy atom. The number of carbonyl (C=O) groups is 1. The minimum atomic E-state index is -0.468. The zero-order valence-electron chi connectivity index (χ0n) is 10.8. The zero-order valence-corrected chi connectivity index (χ0v) is 10.8. The Morgan fingerprint density at radius 3 is 3.05 bits per heavy atom. The van der Waals surface area contributed by atoms with E-state index in [0.717, 1.165) is 6.42 Å². The Kier molecular flexibility index (Phi) is 4.03. The maximum atomic E-state index is 12.0. The minimum Gasteiger partial charge on any atom is -0.391 e. The fourth-order valence-electron chi connectivity index (χ4n) is 2.10. The third-order valence-electron chi connectivity index (χ3n) is 3.45. The molecule has 0 radical (unpaired) electrons. The summed E-state index contributed by atoms with van der Waals surface area (Å²) in [6.07, 6.45) is 0.331. The summed E-state index contributed by atoms with van der Waals surface area (Å²) in [6.45, 7) is 2.98. The molecule has 2 atom stereocenters. The predicted octanol–water partition coefficient (Wildman–Crippen LogP) is 1.79. The lowest BCUT2D eigenvalue weighted by Crippen LogP contribution is -2.47. The highest BCUT2D eigenvalue weighted by molar-refractivity contribution is 5.89. The molecule has 2 unspecified atom stereocenters. The molecule has 1 aromatic rings. The molecule has 5 nitrogen and oxygen atoms in total. The van der Waals surface area contributed by atoms with Crippen molar-refractivity contribution in [2.75, 3.05) is 18.4 Å². The number of benzene rings is 1. The van der Waals surface area contributed by atoms with Crippen LogP contribution in [0.1, 0.15) is 18.9 Å². The van der Waals surface area contributed by atoms with E-state index in [1.807, 2.05) is 13.0 Å². The number of carbonyl (C=O) groups excluding carboxylic acids is 1. The minimum absolute atomic E-state index is 0.228. The molecular formula is C14H17N3O2. The first-order chi connectivity index (χ1) is 9.10. The molecule has 2 amide bonds. The molecule has 2 N–H and O–H groups in total. The summed E-state index contributed by atoms with van der Waals surface area (Å²) in [5, 5.41) is 21.3. The number of anilines is 1. The maximum Gasteiger partial charge on any atom is 0.321 e. The zero-order chi connectivity index (χ0) is 13.8. The van der Waals surface area contributed by atoms with Crippen LogP contribution in [0.15, 0.2) is 24.3 Å². The Balaban J connectivity index is 1.99. The molecule has 0 spiro atoms. The van der Waals surface area contributed by atoms with E-state index < -0.39 is 6.10 Å². The topological polar surface area (TPSA) is 76.4 Å². The molecular weight excluding hydrogens is 242 g/mol. The van der Waals surface area contributed by atoms with Crippen LogP contribution in [0.2, 0.25) is 0 Å². The summed E-state index contributed by atoms with van der Waals surface area (Å²) < 4.78 is 0. The van der Waals surface area contributed by atoms with Crippen LogP contribution in [0.3, 0.4) is 0 Å². The number of rotatable bonds is 1. The lowest BCUT2D eigenvalue weighted by Gasteiger charge is -2.34. The van der Waals surface area contributed by atoms with Crippen LogP contribution in [0.5, 0.6) is 0 Å². The molecule has 1 fully saturated rings. The van der Waals surface area contributed by atoms with Crippen molar-refractivity contribution in [3.8, 4) is 6.07 Å². The fraction of sp³-hybridized carbons (Fsp3) is 0.429. The summed E-state index contributed by atoms with van der Waals surface area (Å²) >= 11 is 0. The van der Waals surface area contributed by atoms with Gasteiger partial charge in [0.15, 0.2) is 0 Å². The number of nitrogens with zero attached hydrogens (tertiary/aromatic N) is 2. The molecule has 0 aromatic heterocycles. The lowest BCUT2D eigenvalue weighted by atomic mass is 9.96. The number of aliphatic hydroxyl groups is 1. The van der Waals surface area contributed by atoms with Crippen molar-refractivity contribution in [1.29, 1.82) is 5.26 Å². The van der Waals surface area contributed by atoms with Crippen LogP contribution in [-0.2, 0) is 0 Å². The maximum absolute atomic E-state index is 12.0. The molecule has 1 heterocycles. The largest absolute Gasteiger partial charge is 0.391 e. The van der Waals surface area contributed by atoms with E-state index in [1.54, 1.807) is 29.2 Å². The van der Waals surface area contributed by atoms with E-state index in [9.17, 15) is 9.90 Å². The second kappa shape index (κ2) is 5.72. The lowest BCUT2D eigenvalue weighted by molar-refractivity contribution is 0.0464. The average Bonchev–Trinajstić information content (AvgIpc) is 2.42. The number of nitrogens with one attached hydrogen (secondary N) is 1. The third kappa shape index (κ3) is 3.24. The number of piperidine rings is 1. The monoisotopic (exact) mass is 259 g/mol. The Morgan fingerprint density at radius 2 is 2.37 bits per heavy atom. The van der Waals surface area contributed by atoms with Gasteiger partial charge in [0.2, 0.25) is 0 Å². The van der Waals surface area contributed by atoms with Crippen LogP contribution in [0.4, 0.5) is 10.5 Å². The predicted molar refractivity (Wildman–Crippen MR) is 71.5 cm³/mol. The third-order valence-corrected chi connectivity index (χ3v) is 3.45. The number of β-amino-alcohol motifs (C(OH)–C–C–N with tert-alkyl or cyclic N) is 1. The van der Waals surface area contributed by atoms with E-state index in [2.05, 4.69) is 5.32 Å². The first-order valence-corrected chi connectivity index (χ1v) is 6.34. The van der Waals surface area contributed by atoms with Gasteiger partial charge in [0, 0.05) is 18.8 Å². The van der Waals surface area contributed by atoms with Gasteiger partial charge < -0.3 is 15.3 Å². The van der Waals surface area contributed by atoms with Crippen molar-refractivity contribution >= 4 is 11.7 Å². The molecule has 19 heavy (non-hydrogen) atoms. The SMILES string of the molecule is CC1CCN(C(=O)Nc2cccc(C#N)c2)CC1O. The van der Waals surface area contributed by atoms with E-state index in [4.69, 9.17) is 5.26 Å². The number of urea groups is 1. The number of likely N-dealkylation sites (tertiary alicyclic amines) is 1. The van der Waals surface area contributed by atoms with Crippen LogP contribution in [0, 0.1) is 17.2 Å². The van der Waals surface area contributed by atoms with Gasteiger partial charge >= 0.3 is 6.03 Å². The van der Waals surface area contributed by atoms with Crippen LogP contribution in [-0.4, -0.2) is 35.2 Å². The highest BCUT2D eigenvalue weighted by Gasteiger charge is 2.27. The van der Waals surface area contributed by atoms with Crippen molar-refractivity contribution < 1.29 is 9.90 Å². The molecule has 0 bridgehead atoms. The van der Waals surface area contributed by atoms with Gasteiger partial charge in [0.1, 0.15) is 0 Å². The van der Waals surface area contributed by atoms with Gasteiger partial charge in [0.25, 0.3) is 0 Å². The van der Waals surface area contributed by atoms with Crippen molar-refractivity contribution in [1.82, 2.24) is 4.90 Å². The summed E-state index contributed by atoms with van der Waals surface area (Å²) in [6, 6.07) is 8.56. The Labute approximate surface area is 112 Å². The molecule has 2 rings (SSSR count). The second-order valence-electron chi connectivity index (χ2n) is 4.90. The summed E-state index contributed by atoms with van der Waals surface area (Å²) in [4.78, 5) is 13.6. The molecule has 1 saturated heterocycles. The molecule has 100 valence electrons. The van der Waals surface area contributed by atoms with Gasteiger partial charge in [-0.1, -0.05) is 13.0 Å². The number of amides is 2. The highest BCUT2D eigenvalue weighted by atomic mass is 16.3. The average molecular weight is 259 g/mol. The normalized spacial score (nSPS) is 22.7. The Bertz CT molecular complexity index is 510. The first kappa shape index (κ1) is 13.4. The number of nitriles is 1. The summed E-state index contributed by atoms with van der Waals surface area (Å²) in [5.74, 6) is 0.228. The molecule has 1 aliphatic heterocycles. The standard InChI is InChI=1S/C14H17N3O2/c1-10-5-6-17(9-13(10)18)14(19)16-12-4-2-3-11(7-12)8-15/h2-4,7,10,13,18H,5-6,9H2,1H3,(H,16,19). The van der Waals surface area contributed by atoms with Gasteiger partial charge in [0.05, 0.1) is 17.7 Å². The van der Waals surface area contributed by atoms with E-state index in [0.29, 0.717) is 24.3 Å². The summed E-state index contributed by atoms with van der Waals surface area (Å²) in [5.41, 5.74) is 1.10. The number of hydrogen-bond donors (Lipinski definition) is 2. The molecule has 0 aliphatic carbocycles. The fourth-order valence-corrected chi connectivity index (χ4v) is 2.10. The van der Waals surface area contributed by atoms with Crippen molar-refractivity contribution in [3.63, 3.8) is 0 Å². The number of hydrogen-bond acceptors (Lipinski definition) is 3. The van der Waals surface area contributed by atoms with Crippen LogP contribution >= 0.6 is 0 Å². The van der Waals surface area contributed by atoms with Crippen LogP contribution in [0.25, 0.3) is 0 Å².